The molecule has 1 aromatic heterocycles. The van der Waals surface area contributed by atoms with Gasteiger partial charge in [0.2, 0.25) is 0 Å². The first kappa shape index (κ1) is 17.1. The molecule has 1 amide bonds. The largest absolute Gasteiger partial charge is 0.484 e. The molecule has 0 atom stereocenters. The lowest BCUT2D eigenvalue weighted by Crippen LogP contribution is -2.20. The van der Waals surface area contributed by atoms with Crippen LogP contribution in [0.25, 0.3) is 11.3 Å². The summed E-state index contributed by atoms with van der Waals surface area (Å²) in [7, 11) is 0. The summed E-state index contributed by atoms with van der Waals surface area (Å²) in [6, 6.07) is 11.9. The van der Waals surface area contributed by atoms with Crippen molar-refractivity contribution in [2.75, 3.05) is 11.9 Å². The van der Waals surface area contributed by atoms with E-state index in [0.717, 1.165) is 5.56 Å². The van der Waals surface area contributed by atoms with Crippen LogP contribution in [0.2, 0.25) is 0 Å². The average Bonchev–Trinajstić information content (AvgIpc) is 3.04. The molecule has 0 aliphatic heterocycles. The van der Waals surface area contributed by atoms with E-state index in [9.17, 15) is 9.18 Å². The number of hydrogen-bond acceptors (Lipinski definition) is 4. The number of carbonyl (C=O) groups is 1. The van der Waals surface area contributed by atoms with E-state index in [0.29, 0.717) is 22.1 Å². The van der Waals surface area contributed by atoms with Gasteiger partial charge in [0.1, 0.15) is 11.6 Å². The van der Waals surface area contributed by atoms with Crippen molar-refractivity contribution in [3.05, 3.63) is 64.8 Å². The van der Waals surface area contributed by atoms with E-state index in [1.54, 1.807) is 17.5 Å². The number of aromatic nitrogens is 1. The van der Waals surface area contributed by atoms with Crippen molar-refractivity contribution in [1.82, 2.24) is 4.98 Å². The van der Waals surface area contributed by atoms with Gasteiger partial charge in [0.15, 0.2) is 11.7 Å². The van der Waals surface area contributed by atoms with Gasteiger partial charge >= 0.3 is 0 Å². The number of rotatable bonds is 5. The SMILES string of the molecule is Cc1ccc(OCC(=O)Nc2nc(-c3cccc(F)c3)cs2)cc1C. The molecule has 0 saturated carbocycles. The van der Waals surface area contributed by atoms with E-state index < -0.39 is 0 Å². The summed E-state index contributed by atoms with van der Waals surface area (Å²) in [5, 5.41) is 4.92. The Bertz CT molecular complexity index is 908. The van der Waals surface area contributed by atoms with Gasteiger partial charge in [0.25, 0.3) is 5.91 Å². The maximum absolute atomic E-state index is 13.3. The maximum atomic E-state index is 13.3. The van der Waals surface area contributed by atoms with Gasteiger partial charge in [-0.1, -0.05) is 18.2 Å². The Balaban J connectivity index is 1.59. The second-order valence-corrected chi connectivity index (χ2v) is 6.49. The monoisotopic (exact) mass is 356 g/mol. The smallest absolute Gasteiger partial charge is 0.264 e. The normalized spacial score (nSPS) is 10.5. The zero-order chi connectivity index (χ0) is 17.8. The van der Waals surface area contributed by atoms with E-state index in [1.165, 1.54) is 29.0 Å². The highest BCUT2D eigenvalue weighted by molar-refractivity contribution is 7.14. The Morgan fingerprint density at radius 1 is 1.20 bits per heavy atom. The molecule has 1 heterocycles. The van der Waals surface area contributed by atoms with Crippen LogP contribution < -0.4 is 10.1 Å². The van der Waals surface area contributed by atoms with Crippen LogP contribution in [0.1, 0.15) is 11.1 Å². The molecular weight excluding hydrogens is 339 g/mol. The van der Waals surface area contributed by atoms with Gasteiger partial charge in [-0.2, -0.15) is 0 Å². The molecular formula is C19H17FN2O2S. The number of carbonyl (C=O) groups excluding carboxylic acids is 1. The Morgan fingerprint density at radius 3 is 2.80 bits per heavy atom. The van der Waals surface area contributed by atoms with Crippen LogP contribution in [-0.2, 0) is 4.79 Å². The number of hydrogen-bond donors (Lipinski definition) is 1. The summed E-state index contributed by atoms with van der Waals surface area (Å²) in [6.45, 7) is 3.91. The van der Waals surface area contributed by atoms with Crippen molar-refractivity contribution in [3.8, 4) is 17.0 Å². The zero-order valence-corrected chi connectivity index (χ0v) is 14.7. The molecule has 0 bridgehead atoms. The Kier molecular flexibility index (Phi) is 5.09. The van der Waals surface area contributed by atoms with E-state index in [-0.39, 0.29) is 18.3 Å². The van der Waals surface area contributed by atoms with E-state index in [2.05, 4.69) is 10.3 Å². The highest BCUT2D eigenvalue weighted by Gasteiger charge is 2.09. The highest BCUT2D eigenvalue weighted by Crippen LogP contribution is 2.25. The minimum absolute atomic E-state index is 0.0998. The number of halogens is 1. The number of nitrogens with one attached hydrogen (secondary N) is 1. The summed E-state index contributed by atoms with van der Waals surface area (Å²) >= 11 is 1.28. The molecule has 0 spiro atoms. The van der Waals surface area contributed by atoms with Crippen LogP contribution in [0.4, 0.5) is 9.52 Å². The van der Waals surface area contributed by atoms with Crippen molar-refractivity contribution in [3.63, 3.8) is 0 Å². The van der Waals surface area contributed by atoms with Gasteiger partial charge < -0.3 is 4.74 Å². The molecule has 0 fully saturated rings. The lowest BCUT2D eigenvalue weighted by Gasteiger charge is -2.07. The van der Waals surface area contributed by atoms with E-state index in [1.807, 2.05) is 32.0 Å². The fourth-order valence-electron chi connectivity index (χ4n) is 2.22. The van der Waals surface area contributed by atoms with Crippen LogP contribution in [0.3, 0.4) is 0 Å². The van der Waals surface area contributed by atoms with E-state index in [4.69, 9.17) is 4.74 Å². The van der Waals surface area contributed by atoms with Gasteiger partial charge in [-0.25, -0.2) is 9.37 Å². The highest BCUT2D eigenvalue weighted by atomic mass is 32.1. The minimum Gasteiger partial charge on any atom is -0.484 e. The lowest BCUT2D eigenvalue weighted by atomic mass is 10.1. The summed E-state index contributed by atoms with van der Waals surface area (Å²) in [4.78, 5) is 16.3. The van der Waals surface area contributed by atoms with Crippen LogP contribution in [0.5, 0.6) is 5.75 Å². The zero-order valence-electron chi connectivity index (χ0n) is 13.9. The number of nitrogens with zero attached hydrogens (tertiary/aromatic N) is 1. The topological polar surface area (TPSA) is 51.2 Å². The fraction of sp³-hybridized carbons (Fsp3) is 0.158. The van der Waals surface area contributed by atoms with Crippen LogP contribution >= 0.6 is 11.3 Å². The summed E-state index contributed by atoms with van der Waals surface area (Å²) in [5.74, 6) is 0.0362. The molecule has 0 saturated heterocycles. The quantitative estimate of drug-likeness (QED) is 0.728. The van der Waals surface area contributed by atoms with Gasteiger partial charge in [-0.05, 0) is 49.2 Å². The predicted molar refractivity (Wildman–Crippen MR) is 97.5 cm³/mol. The summed E-state index contributed by atoms with van der Waals surface area (Å²) in [6.07, 6.45) is 0. The van der Waals surface area contributed by atoms with Crippen molar-refractivity contribution in [2.24, 2.45) is 0 Å². The molecule has 4 nitrogen and oxygen atoms in total. The fourth-order valence-corrected chi connectivity index (χ4v) is 2.96. The van der Waals surface area contributed by atoms with Crippen LogP contribution in [0, 0.1) is 19.7 Å². The van der Waals surface area contributed by atoms with Gasteiger partial charge in [0.05, 0.1) is 5.69 Å². The number of ether oxygens (including phenoxy) is 1. The summed E-state index contributed by atoms with van der Waals surface area (Å²) < 4.78 is 18.8. The molecule has 25 heavy (non-hydrogen) atoms. The standard InChI is InChI=1S/C19H17FN2O2S/c1-12-6-7-16(8-13(12)2)24-10-18(23)22-19-21-17(11-25-19)14-4-3-5-15(20)9-14/h3-9,11H,10H2,1-2H3,(H,21,22,23). The molecule has 1 N–H and O–H groups in total. The molecule has 3 aromatic rings. The Morgan fingerprint density at radius 2 is 2.04 bits per heavy atom. The predicted octanol–water partition coefficient (Wildman–Crippen LogP) is 4.58. The molecule has 6 heteroatoms. The molecule has 0 aliphatic carbocycles. The number of thiazole rings is 1. The van der Waals surface area contributed by atoms with Crippen LogP contribution in [0.15, 0.2) is 47.8 Å². The van der Waals surface area contributed by atoms with Gasteiger partial charge in [-0.15, -0.1) is 11.3 Å². The molecule has 128 valence electrons. The maximum Gasteiger partial charge on any atom is 0.264 e. The third kappa shape index (κ3) is 4.42. The molecule has 3 rings (SSSR count). The third-order valence-electron chi connectivity index (χ3n) is 3.72. The first-order chi connectivity index (χ1) is 12.0. The van der Waals surface area contributed by atoms with E-state index >= 15 is 0 Å². The second kappa shape index (κ2) is 7.44. The third-order valence-corrected chi connectivity index (χ3v) is 4.48. The van der Waals surface area contributed by atoms with Crippen molar-refractivity contribution in [2.45, 2.75) is 13.8 Å². The minimum atomic E-state index is -0.321. The molecule has 0 radical (unpaired) electrons. The average molecular weight is 356 g/mol. The molecule has 0 aliphatic rings. The first-order valence-electron chi connectivity index (χ1n) is 7.72. The number of aryl methyl sites for hydroxylation is 2. The summed E-state index contributed by atoms with van der Waals surface area (Å²) in [5.41, 5.74) is 3.57. The Labute approximate surface area is 149 Å². The second-order valence-electron chi connectivity index (χ2n) is 5.63. The number of amides is 1. The molecule has 0 unspecified atom stereocenters. The van der Waals surface area contributed by atoms with Crippen molar-refractivity contribution in [1.29, 1.82) is 0 Å². The van der Waals surface area contributed by atoms with Crippen molar-refractivity contribution < 1.29 is 13.9 Å². The van der Waals surface area contributed by atoms with Gasteiger partial charge in [-0.3, -0.25) is 10.1 Å². The molecule has 2 aromatic carbocycles. The lowest BCUT2D eigenvalue weighted by molar-refractivity contribution is -0.118. The van der Waals surface area contributed by atoms with Crippen molar-refractivity contribution >= 4 is 22.4 Å². The van der Waals surface area contributed by atoms with Gasteiger partial charge in [0, 0.05) is 10.9 Å². The number of benzene rings is 2. The first-order valence-corrected chi connectivity index (χ1v) is 8.60. The Hall–Kier alpha value is -2.73. The number of anilines is 1. The van der Waals surface area contributed by atoms with Crippen LogP contribution in [-0.4, -0.2) is 17.5 Å².